The molecule has 0 fully saturated rings. The van der Waals surface area contributed by atoms with Crippen LogP contribution in [0.1, 0.15) is 0 Å². The number of ether oxygens (including phenoxy) is 2. The fourth-order valence-electron chi connectivity index (χ4n) is 2.80. The molecule has 6 heteroatoms. The zero-order valence-electron chi connectivity index (χ0n) is 15.6. The van der Waals surface area contributed by atoms with Crippen molar-refractivity contribution >= 4 is 34.0 Å². The van der Waals surface area contributed by atoms with E-state index in [0.717, 1.165) is 33.9 Å². The van der Waals surface area contributed by atoms with Gasteiger partial charge in [-0.15, -0.1) is 0 Å². The third-order valence-corrected chi connectivity index (χ3v) is 4.28. The SMILES string of the molecule is COc1ccc(Nc2nc3ccccc3nc2Nc2ccc(OC)cc2)cc1. The molecule has 4 aromatic rings. The Labute approximate surface area is 163 Å². The molecule has 0 saturated heterocycles. The minimum absolute atomic E-state index is 0.639. The lowest BCUT2D eigenvalue weighted by atomic mass is 10.2. The Balaban J connectivity index is 1.70. The van der Waals surface area contributed by atoms with Gasteiger partial charge in [0.15, 0.2) is 11.6 Å². The number of nitrogens with one attached hydrogen (secondary N) is 2. The Hall–Kier alpha value is -3.80. The monoisotopic (exact) mass is 372 g/mol. The van der Waals surface area contributed by atoms with Crippen LogP contribution in [0, 0.1) is 0 Å². The summed E-state index contributed by atoms with van der Waals surface area (Å²) in [4.78, 5) is 9.50. The van der Waals surface area contributed by atoms with Gasteiger partial charge in [-0.05, 0) is 60.7 Å². The normalized spacial score (nSPS) is 10.5. The number of rotatable bonds is 6. The van der Waals surface area contributed by atoms with Gasteiger partial charge in [0.2, 0.25) is 0 Å². The second-order valence-electron chi connectivity index (χ2n) is 6.12. The Kier molecular flexibility index (Phi) is 4.93. The number of aromatic nitrogens is 2. The first-order valence-electron chi connectivity index (χ1n) is 8.84. The van der Waals surface area contributed by atoms with Gasteiger partial charge in [-0.1, -0.05) is 12.1 Å². The van der Waals surface area contributed by atoms with E-state index < -0.39 is 0 Å². The number of methoxy groups -OCH3 is 2. The Morgan fingerprint density at radius 1 is 0.571 bits per heavy atom. The smallest absolute Gasteiger partial charge is 0.174 e. The lowest BCUT2D eigenvalue weighted by molar-refractivity contribution is 0.415. The zero-order valence-corrected chi connectivity index (χ0v) is 15.6. The van der Waals surface area contributed by atoms with Crippen LogP contribution in [0.15, 0.2) is 72.8 Å². The summed E-state index contributed by atoms with van der Waals surface area (Å²) in [6.07, 6.45) is 0. The van der Waals surface area contributed by atoms with Crippen molar-refractivity contribution in [3.8, 4) is 11.5 Å². The maximum Gasteiger partial charge on any atom is 0.174 e. The molecule has 1 aromatic heterocycles. The van der Waals surface area contributed by atoms with Crippen LogP contribution in [0.4, 0.5) is 23.0 Å². The van der Waals surface area contributed by atoms with E-state index in [1.54, 1.807) is 14.2 Å². The topological polar surface area (TPSA) is 68.3 Å². The Bertz CT molecular complexity index is 992. The van der Waals surface area contributed by atoms with E-state index >= 15 is 0 Å². The van der Waals surface area contributed by atoms with Crippen molar-refractivity contribution < 1.29 is 9.47 Å². The average Bonchev–Trinajstić information content (AvgIpc) is 2.75. The van der Waals surface area contributed by atoms with Crippen LogP contribution >= 0.6 is 0 Å². The number of hydrogen-bond donors (Lipinski definition) is 2. The first-order chi connectivity index (χ1) is 13.7. The van der Waals surface area contributed by atoms with Crippen LogP contribution in [-0.4, -0.2) is 24.2 Å². The first kappa shape index (κ1) is 17.6. The highest BCUT2D eigenvalue weighted by Crippen LogP contribution is 2.28. The standard InChI is InChI=1S/C22H20N4O2/c1-27-17-11-7-15(8-12-17)23-21-22(24-16-9-13-18(28-2)14-10-16)26-20-6-4-3-5-19(20)25-21/h3-14H,1-2H3,(H,23,25)(H,24,26). The summed E-state index contributed by atoms with van der Waals surface area (Å²) in [6.45, 7) is 0. The molecule has 2 N–H and O–H groups in total. The van der Waals surface area contributed by atoms with Gasteiger partial charge in [-0.25, -0.2) is 9.97 Å². The van der Waals surface area contributed by atoms with Crippen LogP contribution in [0.3, 0.4) is 0 Å². The maximum absolute atomic E-state index is 5.22. The van der Waals surface area contributed by atoms with Crippen LogP contribution in [0.2, 0.25) is 0 Å². The summed E-state index contributed by atoms with van der Waals surface area (Å²) in [5, 5.41) is 6.68. The fraction of sp³-hybridized carbons (Fsp3) is 0.0909. The largest absolute Gasteiger partial charge is 0.497 e. The molecular formula is C22H20N4O2. The number of fused-ring (bicyclic) bond motifs is 1. The van der Waals surface area contributed by atoms with Gasteiger partial charge in [0.25, 0.3) is 0 Å². The van der Waals surface area contributed by atoms with Gasteiger partial charge in [0.1, 0.15) is 11.5 Å². The maximum atomic E-state index is 5.22. The van der Waals surface area contributed by atoms with Gasteiger partial charge >= 0.3 is 0 Å². The highest BCUT2D eigenvalue weighted by molar-refractivity contribution is 5.83. The molecule has 0 bridgehead atoms. The second-order valence-corrected chi connectivity index (χ2v) is 6.12. The molecule has 0 radical (unpaired) electrons. The zero-order chi connectivity index (χ0) is 19.3. The number of hydrogen-bond acceptors (Lipinski definition) is 6. The summed E-state index contributed by atoms with van der Waals surface area (Å²) >= 11 is 0. The third kappa shape index (κ3) is 3.81. The average molecular weight is 372 g/mol. The molecule has 1 heterocycles. The van der Waals surface area contributed by atoms with Crippen molar-refractivity contribution in [3.63, 3.8) is 0 Å². The molecule has 0 aliphatic heterocycles. The van der Waals surface area contributed by atoms with Gasteiger partial charge in [-0.3, -0.25) is 0 Å². The highest BCUT2D eigenvalue weighted by atomic mass is 16.5. The van der Waals surface area contributed by atoms with Crippen molar-refractivity contribution in [2.24, 2.45) is 0 Å². The van der Waals surface area contributed by atoms with Gasteiger partial charge < -0.3 is 20.1 Å². The predicted molar refractivity (Wildman–Crippen MR) is 112 cm³/mol. The van der Waals surface area contributed by atoms with Crippen LogP contribution in [-0.2, 0) is 0 Å². The summed E-state index contributed by atoms with van der Waals surface area (Å²) < 4.78 is 10.4. The van der Waals surface area contributed by atoms with Gasteiger partial charge in [-0.2, -0.15) is 0 Å². The molecule has 0 aliphatic carbocycles. The van der Waals surface area contributed by atoms with Crippen LogP contribution in [0.25, 0.3) is 11.0 Å². The van der Waals surface area contributed by atoms with Crippen LogP contribution < -0.4 is 20.1 Å². The second kappa shape index (κ2) is 7.84. The third-order valence-electron chi connectivity index (χ3n) is 4.28. The van der Waals surface area contributed by atoms with Gasteiger partial charge in [0, 0.05) is 11.4 Å². The van der Waals surface area contributed by atoms with E-state index in [2.05, 4.69) is 10.6 Å². The molecular weight excluding hydrogens is 352 g/mol. The molecule has 28 heavy (non-hydrogen) atoms. The number of nitrogens with zero attached hydrogens (tertiary/aromatic N) is 2. The number of anilines is 4. The van der Waals surface area contributed by atoms with E-state index in [9.17, 15) is 0 Å². The van der Waals surface area contributed by atoms with Crippen LogP contribution in [0.5, 0.6) is 11.5 Å². The molecule has 0 spiro atoms. The molecule has 0 aliphatic rings. The summed E-state index contributed by atoms with van der Waals surface area (Å²) in [5.74, 6) is 2.87. The Morgan fingerprint density at radius 2 is 0.964 bits per heavy atom. The number of benzene rings is 3. The predicted octanol–water partition coefficient (Wildman–Crippen LogP) is 5.13. The van der Waals surface area contributed by atoms with E-state index in [-0.39, 0.29) is 0 Å². The first-order valence-corrected chi connectivity index (χ1v) is 8.84. The van der Waals surface area contributed by atoms with Crippen molar-refractivity contribution in [2.45, 2.75) is 0 Å². The van der Waals surface area contributed by atoms with Crippen molar-refractivity contribution in [1.29, 1.82) is 0 Å². The molecule has 6 nitrogen and oxygen atoms in total. The Morgan fingerprint density at radius 3 is 1.32 bits per heavy atom. The highest BCUT2D eigenvalue weighted by Gasteiger charge is 2.10. The fourth-order valence-corrected chi connectivity index (χ4v) is 2.80. The molecule has 140 valence electrons. The summed E-state index contributed by atoms with van der Waals surface area (Å²) in [6, 6.07) is 23.1. The summed E-state index contributed by atoms with van der Waals surface area (Å²) in [5.41, 5.74) is 3.42. The minimum Gasteiger partial charge on any atom is -0.497 e. The quantitative estimate of drug-likeness (QED) is 0.489. The van der Waals surface area contributed by atoms with E-state index in [1.165, 1.54) is 0 Å². The van der Waals surface area contributed by atoms with Gasteiger partial charge in [0.05, 0.1) is 25.3 Å². The van der Waals surface area contributed by atoms with Crippen molar-refractivity contribution in [3.05, 3.63) is 72.8 Å². The molecule has 3 aromatic carbocycles. The number of para-hydroxylation sites is 2. The molecule has 0 unspecified atom stereocenters. The molecule has 4 rings (SSSR count). The van der Waals surface area contributed by atoms with E-state index in [4.69, 9.17) is 19.4 Å². The molecule has 0 amide bonds. The molecule has 0 atom stereocenters. The van der Waals surface area contributed by atoms with E-state index in [0.29, 0.717) is 11.6 Å². The minimum atomic E-state index is 0.639. The van der Waals surface area contributed by atoms with E-state index in [1.807, 2.05) is 72.8 Å². The molecule has 0 saturated carbocycles. The summed E-state index contributed by atoms with van der Waals surface area (Å²) in [7, 11) is 3.29. The lowest BCUT2D eigenvalue weighted by Gasteiger charge is -2.14. The lowest BCUT2D eigenvalue weighted by Crippen LogP contribution is -2.03. The van der Waals surface area contributed by atoms with Crippen molar-refractivity contribution in [1.82, 2.24) is 9.97 Å². The van der Waals surface area contributed by atoms with Crippen molar-refractivity contribution in [2.75, 3.05) is 24.9 Å².